The van der Waals surface area contributed by atoms with Gasteiger partial charge in [-0.15, -0.1) is 0 Å². The first-order valence-electron chi connectivity index (χ1n) is 8.35. The van der Waals surface area contributed by atoms with Gasteiger partial charge in [0.05, 0.1) is 12.6 Å². The Morgan fingerprint density at radius 2 is 2.00 bits per heavy atom. The van der Waals surface area contributed by atoms with Crippen LogP contribution in [0.2, 0.25) is 0 Å². The van der Waals surface area contributed by atoms with E-state index in [0.717, 1.165) is 0 Å². The molecule has 0 aromatic heterocycles. The number of hydrogen-bond donors (Lipinski definition) is 6. The number of aromatic hydroxyl groups is 1. The molecule has 28 heavy (non-hydrogen) atoms. The summed E-state index contributed by atoms with van der Waals surface area (Å²) < 4.78 is 15.4. The summed E-state index contributed by atoms with van der Waals surface area (Å²) in [5, 5.41) is 21.5. The number of aliphatic carboxylic acids is 1. The van der Waals surface area contributed by atoms with E-state index >= 15 is 0 Å². The summed E-state index contributed by atoms with van der Waals surface area (Å²) in [6.07, 6.45) is 2.83. The van der Waals surface area contributed by atoms with Gasteiger partial charge in [0.2, 0.25) is 0 Å². The third-order valence-corrected chi connectivity index (χ3v) is 4.65. The summed E-state index contributed by atoms with van der Waals surface area (Å²) in [5.41, 5.74) is 0.921. The Hall–Kier alpha value is -2.52. The van der Waals surface area contributed by atoms with Crippen molar-refractivity contribution in [2.75, 3.05) is 6.61 Å². The average Bonchev–Trinajstić information content (AvgIpc) is 2.61. The molecule has 1 heterocycles. The Kier molecular flexibility index (Phi) is 7.09. The number of carbonyl (C=O) groups excluding carboxylic acids is 1. The van der Waals surface area contributed by atoms with Crippen LogP contribution in [0.5, 0.6) is 5.75 Å². The molecular formula is C17H22N2O8P+. The number of nitrogens with one attached hydrogen (secondary N) is 2. The van der Waals surface area contributed by atoms with Gasteiger partial charge < -0.3 is 25.3 Å². The zero-order valence-electron chi connectivity index (χ0n) is 15.0. The summed E-state index contributed by atoms with van der Waals surface area (Å²) in [4.78, 5) is 44.4. The van der Waals surface area contributed by atoms with Crippen molar-refractivity contribution < 1.29 is 43.7 Å². The van der Waals surface area contributed by atoms with E-state index in [1.165, 1.54) is 24.5 Å². The predicted octanol–water partition coefficient (Wildman–Crippen LogP) is -1.29. The molecule has 0 saturated heterocycles. The topological polar surface area (TPSA) is 167 Å². The lowest BCUT2D eigenvalue weighted by Crippen LogP contribution is -2.81. The number of phosphoric ester groups is 1. The van der Waals surface area contributed by atoms with Crippen molar-refractivity contribution in [3.05, 3.63) is 41.6 Å². The highest BCUT2D eigenvalue weighted by molar-refractivity contribution is 7.46. The minimum absolute atomic E-state index is 0.0595. The monoisotopic (exact) mass is 413 g/mol. The van der Waals surface area contributed by atoms with E-state index in [2.05, 4.69) is 14.8 Å². The van der Waals surface area contributed by atoms with Crippen LogP contribution in [0.25, 0.3) is 0 Å². The predicted molar refractivity (Wildman–Crippen MR) is 97.4 cm³/mol. The van der Waals surface area contributed by atoms with Gasteiger partial charge in [-0.05, 0) is 36.4 Å². The normalized spacial score (nSPS) is 21.2. The van der Waals surface area contributed by atoms with Crippen LogP contribution in [0.1, 0.15) is 12.5 Å². The maximum atomic E-state index is 12.4. The minimum Gasteiger partial charge on any atom is -0.508 e. The Morgan fingerprint density at radius 3 is 2.57 bits per heavy atom. The van der Waals surface area contributed by atoms with Crippen LogP contribution in [0, 0.1) is 5.92 Å². The minimum atomic E-state index is -4.73. The number of phosphoric acid groups is 1. The number of rotatable bonds is 8. The first kappa shape index (κ1) is 21.8. The van der Waals surface area contributed by atoms with Gasteiger partial charge in [-0.25, -0.2) is 14.4 Å². The second-order valence-corrected chi connectivity index (χ2v) is 7.59. The number of hydrogen-bond acceptors (Lipinski definition) is 6. The Balaban J connectivity index is 2.19. The van der Waals surface area contributed by atoms with E-state index in [0.29, 0.717) is 5.56 Å². The third kappa shape index (κ3) is 6.28. The Labute approximate surface area is 160 Å². The van der Waals surface area contributed by atoms with Crippen LogP contribution in [0.4, 0.5) is 0 Å². The summed E-state index contributed by atoms with van der Waals surface area (Å²) >= 11 is 0. The Bertz CT molecular complexity index is 830. The largest absolute Gasteiger partial charge is 0.508 e. The molecule has 0 aliphatic carbocycles. The molecule has 1 aromatic carbocycles. The zero-order chi connectivity index (χ0) is 20.9. The number of carbonyl (C=O) groups is 2. The molecule has 6 N–H and O–H groups in total. The average molecular weight is 413 g/mol. The van der Waals surface area contributed by atoms with Crippen LogP contribution in [0.3, 0.4) is 0 Å². The van der Waals surface area contributed by atoms with Crippen LogP contribution in [0.15, 0.2) is 36.0 Å². The molecule has 2 rings (SSSR count). The quantitative estimate of drug-likeness (QED) is 0.224. The van der Waals surface area contributed by atoms with Gasteiger partial charge in [0.25, 0.3) is 6.04 Å². The van der Waals surface area contributed by atoms with Gasteiger partial charge >= 0.3 is 13.8 Å². The lowest BCUT2D eigenvalue weighted by molar-refractivity contribution is -0.486. The third-order valence-electron chi connectivity index (χ3n) is 4.19. The molecule has 3 atom stereocenters. The molecule has 2 unspecified atom stereocenters. The molecule has 1 aliphatic heterocycles. The van der Waals surface area contributed by atoms with E-state index in [-0.39, 0.29) is 23.5 Å². The lowest BCUT2D eigenvalue weighted by atomic mass is 9.90. The SMILES string of the molecule is CC1NC=C(COP(=O)(O)O)C(C=[NH+][C@@H](Cc2ccc(O)cc2)C(=O)O)C1=O. The molecule has 0 radical (unpaired) electrons. The van der Waals surface area contributed by atoms with Gasteiger partial charge in [-0.2, -0.15) is 0 Å². The number of carboxylic acids is 1. The standard InChI is InChI=1S/C17H21N2O8P/c1-10-16(21)14(12(7-18-10)9-27-28(24,25)26)8-19-15(17(22)23)6-11-2-4-13(20)5-3-11/h2-5,7-8,10,14-15,18,20H,6,9H2,1H3,(H,22,23)(H2,24,25,26)/p+1/t10?,14?,15-/m0/s1. The maximum absolute atomic E-state index is 12.4. The second kappa shape index (κ2) is 9.11. The van der Waals surface area contributed by atoms with Gasteiger partial charge in [0, 0.05) is 6.42 Å². The van der Waals surface area contributed by atoms with Gasteiger partial charge in [-0.1, -0.05) is 12.1 Å². The summed E-state index contributed by atoms with van der Waals surface area (Å²) in [7, 11) is -4.73. The van der Waals surface area contributed by atoms with Crippen LogP contribution in [-0.4, -0.2) is 56.7 Å². The number of Topliss-reactive ketones (excluding diaryl/α,β-unsaturated/α-hetero) is 1. The molecule has 1 aliphatic rings. The van der Waals surface area contributed by atoms with Gasteiger partial charge in [0.15, 0.2) is 12.0 Å². The molecule has 0 bridgehead atoms. The van der Waals surface area contributed by atoms with E-state index in [1.807, 2.05) is 0 Å². The fraction of sp³-hybridized carbons (Fsp3) is 0.353. The molecule has 0 saturated carbocycles. The van der Waals surface area contributed by atoms with E-state index in [4.69, 9.17) is 9.79 Å². The van der Waals surface area contributed by atoms with Crippen molar-refractivity contribution in [3.8, 4) is 5.75 Å². The first-order valence-corrected chi connectivity index (χ1v) is 9.89. The fourth-order valence-electron chi connectivity index (χ4n) is 2.63. The molecule has 10 nitrogen and oxygen atoms in total. The zero-order valence-corrected chi connectivity index (χ0v) is 15.9. The van der Waals surface area contributed by atoms with Crippen LogP contribution in [-0.2, 0) is 25.1 Å². The smallest absolute Gasteiger partial charge is 0.469 e. The molecular weight excluding hydrogens is 391 g/mol. The number of carboxylic acid groups (broad SMARTS) is 1. The van der Waals surface area contributed by atoms with Crippen molar-refractivity contribution in [2.24, 2.45) is 5.92 Å². The highest BCUT2D eigenvalue weighted by Gasteiger charge is 2.34. The molecule has 0 fully saturated rings. The number of phenols is 1. The first-order chi connectivity index (χ1) is 13.1. The van der Waals surface area contributed by atoms with Gasteiger partial charge in [0.1, 0.15) is 11.7 Å². The molecule has 11 heteroatoms. The molecule has 0 spiro atoms. The maximum Gasteiger partial charge on any atom is 0.469 e. The summed E-state index contributed by atoms with van der Waals surface area (Å²) in [5.74, 6) is -2.29. The lowest BCUT2D eigenvalue weighted by Gasteiger charge is -2.24. The Morgan fingerprint density at radius 1 is 1.36 bits per heavy atom. The second-order valence-electron chi connectivity index (χ2n) is 6.35. The van der Waals surface area contributed by atoms with Crippen molar-refractivity contribution in [1.82, 2.24) is 5.32 Å². The van der Waals surface area contributed by atoms with Crippen LogP contribution < -0.4 is 10.3 Å². The molecule has 1 aromatic rings. The fourth-order valence-corrected chi connectivity index (χ4v) is 2.95. The van der Waals surface area contributed by atoms with Crippen molar-refractivity contribution >= 4 is 25.8 Å². The van der Waals surface area contributed by atoms with Crippen molar-refractivity contribution in [3.63, 3.8) is 0 Å². The highest BCUT2D eigenvalue weighted by atomic mass is 31.2. The molecule has 0 amide bonds. The van der Waals surface area contributed by atoms with E-state index in [1.54, 1.807) is 19.1 Å². The van der Waals surface area contributed by atoms with Crippen LogP contribution >= 0.6 is 7.82 Å². The van der Waals surface area contributed by atoms with Gasteiger partial charge in [-0.3, -0.25) is 9.32 Å². The van der Waals surface area contributed by atoms with Crippen molar-refractivity contribution in [1.29, 1.82) is 0 Å². The summed E-state index contributed by atoms with van der Waals surface area (Å²) in [6.45, 7) is 1.12. The molecule has 152 valence electrons. The highest BCUT2D eigenvalue weighted by Crippen LogP contribution is 2.37. The number of ketones is 1. The van der Waals surface area contributed by atoms with E-state index < -0.39 is 38.4 Å². The summed E-state index contributed by atoms with van der Waals surface area (Å²) in [6, 6.07) is 4.45. The number of benzene rings is 1. The van der Waals surface area contributed by atoms with Crippen molar-refractivity contribution in [2.45, 2.75) is 25.4 Å². The number of phenolic OH excluding ortho intramolecular Hbond substituents is 1. The van der Waals surface area contributed by atoms with E-state index in [9.17, 15) is 24.4 Å².